The largest absolute Gasteiger partial charge is 0.481 e. The number of carbonyl (C=O) groups is 5. The number of hydrogen-bond donors (Lipinski definition) is 4. The number of carboxylic acid groups (broad SMARTS) is 3. The van der Waals surface area contributed by atoms with Crippen LogP contribution in [0.25, 0.3) is 10.9 Å². The van der Waals surface area contributed by atoms with Crippen LogP contribution in [0.3, 0.4) is 0 Å². The van der Waals surface area contributed by atoms with Crippen molar-refractivity contribution in [1.82, 2.24) is 4.98 Å². The molecular weight excluding hydrogens is 907 g/mol. The van der Waals surface area contributed by atoms with Crippen LogP contribution in [-0.2, 0) is 28.7 Å². The number of esters is 1. The number of aromatic amines is 1. The molecule has 0 aliphatic heterocycles. The molecule has 9 atom stereocenters. The fraction of sp³-hybridized carbons (Fsp3) is 0.705. The molecule has 0 saturated heterocycles. The van der Waals surface area contributed by atoms with Crippen LogP contribution >= 0.6 is 0 Å². The van der Waals surface area contributed by atoms with Crippen LogP contribution in [0.2, 0.25) is 0 Å². The summed E-state index contributed by atoms with van der Waals surface area (Å²) in [6, 6.07) is 11.0. The van der Waals surface area contributed by atoms with Crippen molar-refractivity contribution in [3.05, 3.63) is 70.6 Å². The van der Waals surface area contributed by atoms with Gasteiger partial charge in [-0.3, -0.25) is 28.8 Å². The monoisotopic (exact) mass is 998 g/mol. The number of ether oxygens (including phenoxy) is 1. The number of para-hydroxylation sites is 1. The lowest BCUT2D eigenvalue weighted by Gasteiger charge is -2.70. The Hall–Kier alpha value is -4.54. The van der Waals surface area contributed by atoms with E-state index in [4.69, 9.17) is 14.9 Å². The molecule has 4 saturated carbocycles. The fourth-order valence-electron chi connectivity index (χ4n) is 14.4. The maximum Gasteiger partial charge on any atom is 0.309 e. The Bertz CT molecular complexity index is 2310. The SMILES string of the molecule is CC1(C)[C@@H](OC(=O)CCC(=O)O)CC[C@]2(C)[C@H]3C(=O)C=C4[C@@H]5C[C@@](C)(C(=O)O)CC[C@]5(C)CC[C@@]4(C)[C@]3(C)CC[C@@H]12.CCCCCCCC/C=C/CCCCCCCC(=O)O.O=c1ccc2ccccc2[nH]1. The van der Waals surface area contributed by atoms with E-state index in [1.54, 1.807) is 0 Å². The molecule has 1 aromatic carbocycles. The molecule has 4 N–H and O–H groups in total. The number of carboxylic acids is 3. The van der Waals surface area contributed by atoms with E-state index >= 15 is 0 Å². The van der Waals surface area contributed by atoms with Crippen molar-refractivity contribution in [2.75, 3.05) is 0 Å². The average molecular weight is 998 g/mol. The highest BCUT2D eigenvalue weighted by Crippen LogP contribution is 2.75. The number of carbonyl (C=O) groups excluding carboxylic acids is 2. The molecule has 1 aromatic heterocycles. The molecule has 7 rings (SSSR count). The van der Waals surface area contributed by atoms with E-state index in [1.165, 1.54) is 82.3 Å². The second-order valence-electron chi connectivity index (χ2n) is 24.4. The number of H-pyrrole nitrogens is 1. The zero-order valence-electron chi connectivity index (χ0n) is 45.4. The highest BCUT2D eigenvalue weighted by Gasteiger charge is 2.70. The van der Waals surface area contributed by atoms with Crippen molar-refractivity contribution in [3.63, 3.8) is 0 Å². The summed E-state index contributed by atoms with van der Waals surface area (Å²) in [6.45, 7) is 17.8. The van der Waals surface area contributed by atoms with Crippen molar-refractivity contribution in [1.29, 1.82) is 0 Å². The van der Waals surface area contributed by atoms with E-state index in [9.17, 15) is 33.9 Å². The van der Waals surface area contributed by atoms with Crippen molar-refractivity contribution in [2.45, 2.75) is 222 Å². The van der Waals surface area contributed by atoms with Crippen molar-refractivity contribution in [3.8, 4) is 0 Å². The lowest BCUT2D eigenvalue weighted by molar-refractivity contribution is -0.211. The minimum atomic E-state index is -1.01. The van der Waals surface area contributed by atoms with Crippen LogP contribution in [0, 0.1) is 50.2 Å². The van der Waals surface area contributed by atoms with Gasteiger partial charge in [0, 0.05) is 29.3 Å². The Morgan fingerprint density at radius 1 is 0.681 bits per heavy atom. The molecule has 0 radical (unpaired) electrons. The molecular formula is C61H91NO10. The molecule has 4 fully saturated rings. The topological polar surface area (TPSA) is 188 Å². The Balaban J connectivity index is 0.000000255. The molecule has 5 aliphatic carbocycles. The quantitative estimate of drug-likeness (QED) is 0.0564. The Labute approximate surface area is 430 Å². The first-order valence-corrected chi connectivity index (χ1v) is 27.8. The van der Waals surface area contributed by atoms with Gasteiger partial charge in [-0.1, -0.05) is 136 Å². The number of aliphatic carboxylic acids is 3. The van der Waals surface area contributed by atoms with Gasteiger partial charge >= 0.3 is 23.9 Å². The van der Waals surface area contributed by atoms with E-state index < -0.39 is 29.3 Å². The van der Waals surface area contributed by atoms with Crippen LogP contribution in [0.5, 0.6) is 0 Å². The average Bonchev–Trinajstić information content (AvgIpc) is 3.32. The van der Waals surface area contributed by atoms with E-state index in [1.807, 2.05) is 43.3 Å². The molecule has 72 heavy (non-hydrogen) atoms. The van der Waals surface area contributed by atoms with E-state index in [0.717, 1.165) is 62.3 Å². The van der Waals surface area contributed by atoms with Crippen molar-refractivity contribution >= 4 is 40.6 Å². The molecule has 0 spiro atoms. The molecule has 2 aromatic rings. The van der Waals surface area contributed by atoms with Crippen molar-refractivity contribution in [2.24, 2.45) is 50.2 Å². The zero-order chi connectivity index (χ0) is 53.0. The smallest absolute Gasteiger partial charge is 0.309 e. The molecule has 400 valence electrons. The summed E-state index contributed by atoms with van der Waals surface area (Å²) in [7, 11) is 0. The van der Waals surface area contributed by atoms with Crippen LogP contribution < -0.4 is 5.56 Å². The van der Waals surface area contributed by atoms with E-state index in [-0.39, 0.29) is 75.1 Å². The highest BCUT2D eigenvalue weighted by atomic mass is 16.5. The molecule has 1 heterocycles. The fourth-order valence-corrected chi connectivity index (χ4v) is 14.4. The summed E-state index contributed by atoms with van der Waals surface area (Å²) in [4.78, 5) is 74.1. The van der Waals surface area contributed by atoms with Gasteiger partial charge in [0.05, 0.1) is 18.3 Å². The number of aromatic nitrogens is 1. The number of rotatable bonds is 20. The second kappa shape index (κ2) is 25.1. The zero-order valence-corrected chi connectivity index (χ0v) is 45.4. The molecule has 11 nitrogen and oxygen atoms in total. The van der Waals surface area contributed by atoms with Crippen LogP contribution in [0.4, 0.5) is 0 Å². The number of pyridine rings is 1. The predicted molar refractivity (Wildman–Crippen MR) is 285 cm³/mol. The second-order valence-corrected chi connectivity index (χ2v) is 24.4. The number of benzene rings is 1. The molecule has 0 bridgehead atoms. The van der Waals surface area contributed by atoms with Gasteiger partial charge in [-0.05, 0) is 154 Å². The van der Waals surface area contributed by atoms with E-state index in [0.29, 0.717) is 25.7 Å². The number of ketones is 1. The maximum atomic E-state index is 14.5. The maximum absolute atomic E-state index is 14.5. The Morgan fingerprint density at radius 2 is 1.29 bits per heavy atom. The number of nitrogens with one attached hydrogen (secondary N) is 1. The third-order valence-electron chi connectivity index (χ3n) is 19.1. The first-order valence-electron chi connectivity index (χ1n) is 27.8. The molecule has 11 heteroatoms. The summed E-state index contributed by atoms with van der Waals surface area (Å²) >= 11 is 0. The standard InChI is InChI=1S/C34H50O7.C18H34O2.C9H7NO/c1-29(2)23-10-13-34(7)27(32(23,5)12-11-24(29)41-26(38)9-8-25(36)37)22(35)18-20-21-19-31(4,28(39)40)15-14-30(21,3)16-17-33(20,34)6;1-2-3-4-5-6-7-8-9-10-11-12-13-14-15-16-17-18(19)20;11-9-6-5-7-3-1-2-4-8(7)10-9/h18,21,23-24,27H,8-17,19H2,1-7H3,(H,36,37)(H,39,40);9-10H,2-8,11-17H2,1H3,(H,19,20);1-6H,(H,10,11)/b;10-9+;/t21-,23-,24-,27+,30+,31-,32-,33+,34+;;/m0../s1. The van der Waals surface area contributed by atoms with Gasteiger partial charge in [0.25, 0.3) is 0 Å². The van der Waals surface area contributed by atoms with Crippen LogP contribution in [-0.4, -0.2) is 56.1 Å². The van der Waals surface area contributed by atoms with Crippen molar-refractivity contribution < 1.29 is 44.0 Å². The number of hydrogen-bond acceptors (Lipinski definition) is 7. The Morgan fingerprint density at radius 3 is 1.93 bits per heavy atom. The molecule has 0 amide bonds. The lowest BCUT2D eigenvalue weighted by atomic mass is 9.33. The van der Waals surface area contributed by atoms with Crippen LogP contribution in [0.1, 0.15) is 216 Å². The van der Waals surface area contributed by atoms with Gasteiger partial charge < -0.3 is 25.0 Å². The van der Waals surface area contributed by atoms with Gasteiger partial charge in [-0.25, -0.2) is 0 Å². The third-order valence-corrected chi connectivity index (χ3v) is 19.1. The van der Waals surface area contributed by atoms with Gasteiger partial charge in [-0.15, -0.1) is 0 Å². The summed E-state index contributed by atoms with van der Waals surface area (Å²) in [6.07, 6.45) is 30.0. The molecule has 0 unspecified atom stereocenters. The normalized spacial score (nSPS) is 31.2. The predicted octanol–water partition coefficient (Wildman–Crippen LogP) is 14.5. The third kappa shape index (κ3) is 13.6. The van der Waals surface area contributed by atoms with E-state index in [2.05, 4.69) is 65.6 Å². The number of fused-ring (bicyclic) bond motifs is 8. The van der Waals surface area contributed by atoms with Gasteiger partial charge in [0.15, 0.2) is 5.78 Å². The number of unbranched alkanes of at least 4 members (excludes halogenated alkanes) is 11. The van der Waals surface area contributed by atoms with Gasteiger partial charge in [0.2, 0.25) is 5.56 Å². The minimum Gasteiger partial charge on any atom is -0.481 e. The summed E-state index contributed by atoms with van der Waals surface area (Å²) in [5.74, 6) is -2.53. The highest BCUT2D eigenvalue weighted by molar-refractivity contribution is 5.96. The first kappa shape index (κ1) is 58.4. The summed E-state index contributed by atoms with van der Waals surface area (Å²) in [5, 5.41) is 28.7. The summed E-state index contributed by atoms with van der Waals surface area (Å²) < 4.78 is 5.91. The minimum absolute atomic E-state index is 0.0233. The molecule has 5 aliphatic rings. The van der Waals surface area contributed by atoms with Gasteiger partial charge in [-0.2, -0.15) is 0 Å². The first-order chi connectivity index (χ1) is 34.0. The van der Waals surface area contributed by atoms with Crippen LogP contribution in [0.15, 0.2) is 65.0 Å². The van der Waals surface area contributed by atoms with Gasteiger partial charge in [0.1, 0.15) is 6.10 Å². The number of allylic oxidation sites excluding steroid dienone is 4. The lowest BCUT2D eigenvalue weighted by Crippen LogP contribution is -2.66. The summed E-state index contributed by atoms with van der Waals surface area (Å²) in [5.41, 5.74) is 0.284. The Kier molecular flexibility index (Phi) is 20.4.